The van der Waals surface area contributed by atoms with Crippen LogP contribution in [0.25, 0.3) is 0 Å². The SMILES string of the molecule is CCCN1C(=O)CCCNc2ccccc21. The number of amides is 1. The molecule has 16 heavy (non-hydrogen) atoms. The first kappa shape index (κ1) is 11.0. The Morgan fingerprint density at radius 2 is 2.19 bits per heavy atom. The normalized spacial score (nSPS) is 16.1. The van der Waals surface area contributed by atoms with E-state index >= 15 is 0 Å². The van der Waals surface area contributed by atoms with Crippen LogP contribution in [0.3, 0.4) is 0 Å². The Morgan fingerprint density at radius 1 is 1.38 bits per heavy atom. The Morgan fingerprint density at radius 3 is 3.00 bits per heavy atom. The zero-order valence-corrected chi connectivity index (χ0v) is 9.70. The Bertz CT molecular complexity index is 376. The largest absolute Gasteiger partial charge is 0.383 e. The molecule has 1 aliphatic heterocycles. The summed E-state index contributed by atoms with van der Waals surface area (Å²) < 4.78 is 0. The molecule has 0 aromatic heterocycles. The molecule has 3 heteroatoms. The van der Waals surface area contributed by atoms with Crippen LogP contribution in [0, 0.1) is 0 Å². The lowest BCUT2D eigenvalue weighted by molar-refractivity contribution is -0.118. The lowest BCUT2D eigenvalue weighted by Gasteiger charge is -2.27. The summed E-state index contributed by atoms with van der Waals surface area (Å²) in [4.78, 5) is 13.9. The number of fused-ring (bicyclic) bond motifs is 1. The van der Waals surface area contributed by atoms with Gasteiger partial charge in [-0.15, -0.1) is 0 Å². The molecule has 1 heterocycles. The molecule has 0 saturated carbocycles. The van der Waals surface area contributed by atoms with Crippen LogP contribution in [0.15, 0.2) is 24.3 Å². The fourth-order valence-corrected chi connectivity index (χ4v) is 2.06. The van der Waals surface area contributed by atoms with Gasteiger partial charge in [-0.25, -0.2) is 0 Å². The van der Waals surface area contributed by atoms with Crippen LogP contribution >= 0.6 is 0 Å². The highest BCUT2D eigenvalue weighted by molar-refractivity contribution is 5.97. The van der Waals surface area contributed by atoms with Crippen molar-refractivity contribution in [3.8, 4) is 0 Å². The van der Waals surface area contributed by atoms with E-state index < -0.39 is 0 Å². The molecule has 0 spiro atoms. The van der Waals surface area contributed by atoms with Gasteiger partial charge in [-0.3, -0.25) is 4.79 Å². The number of hydrogen-bond donors (Lipinski definition) is 1. The second-order valence-electron chi connectivity index (χ2n) is 4.09. The monoisotopic (exact) mass is 218 g/mol. The van der Waals surface area contributed by atoms with E-state index in [0.717, 1.165) is 37.3 Å². The zero-order chi connectivity index (χ0) is 11.4. The maximum absolute atomic E-state index is 12.0. The van der Waals surface area contributed by atoms with Crippen molar-refractivity contribution in [1.82, 2.24) is 0 Å². The highest BCUT2D eigenvalue weighted by Crippen LogP contribution is 2.28. The summed E-state index contributed by atoms with van der Waals surface area (Å²) in [6.45, 7) is 3.78. The van der Waals surface area contributed by atoms with E-state index in [9.17, 15) is 4.79 Å². The zero-order valence-electron chi connectivity index (χ0n) is 9.70. The molecule has 0 bridgehead atoms. The number of nitrogens with one attached hydrogen (secondary N) is 1. The number of rotatable bonds is 2. The Balaban J connectivity index is 2.36. The Hall–Kier alpha value is -1.51. The van der Waals surface area contributed by atoms with Crippen molar-refractivity contribution in [2.75, 3.05) is 23.3 Å². The molecule has 2 rings (SSSR count). The van der Waals surface area contributed by atoms with Gasteiger partial charge in [0, 0.05) is 19.5 Å². The van der Waals surface area contributed by atoms with Crippen LogP contribution < -0.4 is 10.2 Å². The molecule has 0 atom stereocenters. The first-order chi connectivity index (χ1) is 7.83. The van der Waals surface area contributed by atoms with E-state index in [1.165, 1.54) is 0 Å². The number of anilines is 2. The van der Waals surface area contributed by atoms with E-state index in [1.54, 1.807) is 0 Å². The molecule has 0 saturated heterocycles. The molecule has 3 nitrogen and oxygen atoms in total. The molecule has 1 amide bonds. The fourth-order valence-electron chi connectivity index (χ4n) is 2.06. The Labute approximate surface area is 96.5 Å². The average molecular weight is 218 g/mol. The van der Waals surface area contributed by atoms with Crippen molar-refractivity contribution in [3.63, 3.8) is 0 Å². The molecular formula is C13H18N2O. The number of benzene rings is 1. The summed E-state index contributed by atoms with van der Waals surface area (Å²) >= 11 is 0. The third kappa shape index (κ3) is 2.18. The highest BCUT2D eigenvalue weighted by atomic mass is 16.2. The van der Waals surface area contributed by atoms with Crippen LogP contribution in [0.1, 0.15) is 26.2 Å². The summed E-state index contributed by atoms with van der Waals surface area (Å²) in [6.07, 6.45) is 2.54. The Kier molecular flexibility index (Phi) is 3.44. The van der Waals surface area contributed by atoms with Gasteiger partial charge >= 0.3 is 0 Å². The van der Waals surface area contributed by atoms with Gasteiger partial charge in [0.2, 0.25) is 5.91 Å². The first-order valence-corrected chi connectivity index (χ1v) is 5.96. The van der Waals surface area contributed by atoms with Gasteiger partial charge < -0.3 is 10.2 Å². The second-order valence-corrected chi connectivity index (χ2v) is 4.09. The maximum Gasteiger partial charge on any atom is 0.227 e. The first-order valence-electron chi connectivity index (χ1n) is 5.96. The minimum atomic E-state index is 0.246. The fraction of sp³-hybridized carbons (Fsp3) is 0.462. The van der Waals surface area contributed by atoms with Gasteiger partial charge in [-0.05, 0) is 25.0 Å². The van der Waals surface area contributed by atoms with Crippen LogP contribution in [-0.4, -0.2) is 19.0 Å². The van der Waals surface area contributed by atoms with Gasteiger partial charge in [-0.2, -0.15) is 0 Å². The van der Waals surface area contributed by atoms with Gasteiger partial charge in [-0.1, -0.05) is 19.1 Å². The quantitative estimate of drug-likeness (QED) is 0.827. The van der Waals surface area contributed by atoms with Crippen LogP contribution in [0.5, 0.6) is 0 Å². The van der Waals surface area contributed by atoms with Crippen molar-refractivity contribution in [3.05, 3.63) is 24.3 Å². The number of hydrogen-bond acceptors (Lipinski definition) is 2. The summed E-state index contributed by atoms with van der Waals surface area (Å²) in [5.41, 5.74) is 2.10. The molecule has 0 aliphatic carbocycles. The van der Waals surface area contributed by atoms with Crippen molar-refractivity contribution in [2.24, 2.45) is 0 Å². The predicted molar refractivity (Wildman–Crippen MR) is 66.8 cm³/mol. The smallest absolute Gasteiger partial charge is 0.227 e. The number of nitrogens with zero attached hydrogens (tertiary/aromatic N) is 1. The van der Waals surface area contributed by atoms with Crippen molar-refractivity contribution < 1.29 is 4.79 Å². The van der Waals surface area contributed by atoms with Gasteiger partial charge in [0.1, 0.15) is 0 Å². The third-order valence-corrected chi connectivity index (χ3v) is 2.83. The molecule has 0 fully saturated rings. The van der Waals surface area contributed by atoms with E-state index in [0.29, 0.717) is 6.42 Å². The minimum absolute atomic E-state index is 0.246. The van der Waals surface area contributed by atoms with Crippen molar-refractivity contribution >= 4 is 17.3 Å². The van der Waals surface area contributed by atoms with E-state index in [-0.39, 0.29) is 5.91 Å². The number of carbonyl (C=O) groups excluding carboxylic acids is 1. The van der Waals surface area contributed by atoms with Crippen LogP contribution in [0.2, 0.25) is 0 Å². The summed E-state index contributed by atoms with van der Waals surface area (Å²) in [5, 5.41) is 3.38. The minimum Gasteiger partial charge on any atom is -0.383 e. The average Bonchev–Trinajstić information content (AvgIpc) is 2.30. The van der Waals surface area contributed by atoms with Gasteiger partial charge in [0.15, 0.2) is 0 Å². The second kappa shape index (κ2) is 5.01. The van der Waals surface area contributed by atoms with E-state index in [2.05, 4.69) is 12.2 Å². The van der Waals surface area contributed by atoms with Gasteiger partial charge in [0.25, 0.3) is 0 Å². The molecule has 0 unspecified atom stereocenters. The number of para-hydroxylation sites is 2. The van der Waals surface area contributed by atoms with Crippen LogP contribution in [0.4, 0.5) is 11.4 Å². The lowest BCUT2D eigenvalue weighted by Crippen LogP contribution is -2.33. The highest BCUT2D eigenvalue weighted by Gasteiger charge is 2.19. The molecule has 1 N–H and O–H groups in total. The molecule has 86 valence electrons. The maximum atomic E-state index is 12.0. The standard InChI is InChI=1S/C13H18N2O/c1-2-10-15-12-7-4-3-6-11(12)14-9-5-8-13(15)16/h3-4,6-7,14H,2,5,8-10H2,1H3. The predicted octanol–water partition coefficient (Wildman–Crippen LogP) is 2.64. The third-order valence-electron chi connectivity index (χ3n) is 2.83. The van der Waals surface area contributed by atoms with Gasteiger partial charge in [0.05, 0.1) is 11.4 Å². The molecule has 0 radical (unpaired) electrons. The van der Waals surface area contributed by atoms with Crippen molar-refractivity contribution in [1.29, 1.82) is 0 Å². The molecule has 1 aromatic rings. The molecule has 1 aromatic carbocycles. The molecule has 1 aliphatic rings. The topological polar surface area (TPSA) is 32.3 Å². The van der Waals surface area contributed by atoms with E-state index in [4.69, 9.17) is 0 Å². The summed E-state index contributed by atoms with van der Waals surface area (Å²) in [5.74, 6) is 0.246. The summed E-state index contributed by atoms with van der Waals surface area (Å²) in [6, 6.07) is 8.04. The lowest BCUT2D eigenvalue weighted by atomic mass is 10.1. The summed E-state index contributed by atoms with van der Waals surface area (Å²) in [7, 11) is 0. The van der Waals surface area contributed by atoms with Crippen LogP contribution in [-0.2, 0) is 4.79 Å². The van der Waals surface area contributed by atoms with Crippen molar-refractivity contribution in [2.45, 2.75) is 26.2 Å². The van der Waals surface area contributed by atoms with E-state index in [1.807, 2.05) is 29.2 Å². The molecular weight excluding hydrogens is 200 g/mol. The number of carbonyl (C=O) groups is 1.